The van der Waals surface area contributed by atoms with Crippen LogP contribution in [0.4, 0.5) is 21.7 Å². The molecule has 0 bridgehead atoms. The quantitative estimate of drug-likeness (QED) is 0.479. The van der Waals surface area contributed by atoms with E-state index in [1.165, 1.54) is 6.07 Å². The van der Waals surface area contributed by atoms with E-state index >= 15 is 4.39 Å². The molecule has 1 N–H and O–H groups in total. The maximum Gasteiger partial charge on any atom is 0.227 e. The first kappa shape index (κ1) is 24.1. The number of piperidine rings is 1. The minimum Gasteiger partial charge on any atom is -0.369 e. The van der Waals surface area contributed by atoms with Gasteiger partial charge in [-0.25, -0.2) is 14.4 Å². The molecule has 182 valence electrons. The maximum absolute atomic E-state index is 15.1. The van der Waals surface area contributed by atoms with Crippen LogP contribution >= 0.6 is 0 Å². The molecule has 2 aromatic heterocycles. The summed E-state index contributed by atoms with van der Waals surface area (Å²) in [5.41, 5.74) is 4.01. The molecule has 1 aliphatic heterocycles. The lowest BCUT2D eigenvalue weighted by Crippen LogP contribution is -2.43. The van der Waals surface area contributed by atoms with Crippen molar-refractivity contribution in [3.05, 3.63) is 48.2 Å². The number of anilines is 3. The third-order valence-corrected chi connectivity index (χ3v) is 6.58. The molecule has 1 aromatic carbocycles. The zero-order valence-corrected chi connectivity index (χ0v) is 20.9. The topological polar surface area (TPSA) is 62.1 Å². The highest BCUT2D eigenvalue weighted by Crippen LogP contribution is 2.29. The Kier molecular flexibility index (Phi) is 7.46. The van der Waals surface area contributed by atoms with Crippen molar-refractivity contribution >= 4 is 17.3 Å². The van der Waals surface area contributed by atoms with Crippen LogP contribution in [0.3, 0.4) is 0 Å². The first-order valence-electron chi connectivity index (χ1n) is 12.3. The molecule has 1 fully saturated rings. The van der Waals surface area contributed by atoms with Gasteiger partial charge in [0.25, 0.3) is 0 Å². The molecule has 0 saturated carbocycles. The third kappa shape index (κ3) is 5.38. The highest BCUT2D eigenvalue weighted by Gasteiger charge is 2.23. The molecule has 3 heterocycles. The average molecular weight is 466 g/mol. The van der Waals surface area contributed by atoms with Crippen LogP contribution in [0.1, 0.15) is 51.6 Å². The van der Waals surface area contributed by atoms with Crippen LogP contribution in [-0.2, 0) is 0 Å². The standard InChI is InChI=1S/C26H36FN7/c1-6-11-32(5)22-9-12-33(13-10-22)24-8-7-21(14-23(24)27)30-26-28-15-19(4)25(31-26)20-16-29-34(17-20)18(2)3/h7-8,14-18,22H,6,9-13H2,1-5H3,(H,28,30,31). The number of aromatic nitrogens is 4. The van der Waals surface area contributed by atoms with E-state index in [2.05, 4.69) is 58.0 Å². The predicted octanol–water partition coefficient (Wildman–Crippen LogP) is 5.42. The highest BCUT2D eigenvalue weighted by atomic mass is 19.1. The summed E-state index contributed by atoms with van der Waals surface area (Å²) in [6.07, 6.45) is 8.86. The lowest BCUT2D eigenvalue weighted by Gasteiger charge is -2.38. The fraction of sp³-hybridized carbons (Fsp3) is 0.500. The Hall–Kier alpha value is -3.00. The minimum atomic E-state index is -0.226. The zero-order chi connectivity index (χ0) is 24.2. The van der Waals surface area contributed by atoms with Crippen molar-refractivity contribution in [3.8, 4) is 11.3 Å². The van der Waals surface area contributed by atoms with E-state index in [1.54, 1.807) is 6.20 Å². The van der Waals surface area contributed by atoms with Crippen LogP contribution < -0.4 is 10.2 Å². The van der Waals surface area contributed by atoms with Gasteiger partial charge in [-0.05, 0) is 77.4 Å². The average Bonchev–Trinajstić information content (AvgIpc) is 3.31. The van der Waals surface area contributed by atoms with Gasteiger partial charge in [-0.1, -0.05) is 6.92 Å². The first-order chi connectivity index (χ1) is 16.4. The molecule has 4 rings (SSSR count). The second-order valence-electron chi connectivity index (χ2n) is 9.52. The van der Waals surface area contributed by atoms with E-state index in [-0.39, 0.29) is 11.9 Å². The number of hydrogen-bond acceptors (Lipinski definition) is 6. The molecule has 0 unspecified atom stereocenters. The monoisotopic (exact) mass is 465 g/mol. The maximum atomic E-state index is 15.1. The van der Waals surface area contributed by atoms with Crippen molar-refractivity contribution in [2.75, 3.05) is 36.9 Å². The Balaban J connectivity index is 1.45. The number of nitrogens with one attached hydrogen (secondary N) is 1. The van der Waals surface area contributed by atoms with Gasteiger partial charge in [0.2, 0.25) is 5.95 Å². The normalized spacial score (nSPS) is 14.9. The van der Waals surface area contributed by atoms with Crippen molar-refractivity contribution in [3.63, 3.8) is 0 Å². The van der Waals surface area contributed by atoms with Gasteiger partial charge in [0.05, 0.1) is 17.6 Å². The second-order valence-corrected chi connectivity index (χ2v) is 9.52. The third-order valence-electron chi connectivity index (χ3n) is 6.58. The number of benzene rings is 1. The zero-order valence-electron chi connectivity index (χ0n) is 20.9. The number of rotatable bonds is 8. The van der Waals surface area contributed by atoms with Gasteiger partial charge in [0.15, 0.2) is 0 Å². The van der Waals surface area contributed by atoms with Crippen LogP contribution in [0.5, 0.6) is 0 Å². The number of nitrogens with zero attached hydrogens (tertiary/aromatic N) is 6. The Labute approximate surface area is 202 Å². The number of aryl methyl sites for hydroxylation is 1. The summed E-state index contributed by atoms with van der Waals surface area (Å²) < 4.78 is 17.0. The van der Waals surface area contributed by atoms with Crippen LogP contribution in [0.15, 0.2) is 36.8 Å². The minimum absolute atomic E-state index is 0.226. The molecule has 0 spiro atoms. The van der Waals surface area contributed by atoms with E-state index in [9.17, 15) is 0 Å². The molecule has 8 heteroatoms. The first-order valence-corrected chi connectivity index (χ1v) is 12.3. The van der Waals surface area contributed by atoms with Crippen LogP contribution in [0.25, 0.3) is 11.3 Å². The number of hydrogen-bond donors (Lipinski definition) is 1. The number of halogens is 1. The van der Waals surface area contributed by atoms with E-state index in [0.717, 1.165) is 55.7 Å². The summed E-state index contributed by atoms with van der Waals surface area (Å²) in [5.74, 6) is 0.209. The van der Waals surface area contributed by atoms with Gasteiger partial charge in [-0.3, -0.25) is 4.68 Å². The molecule has 0 aliphatic carbocycles. The van der Waals surface area contributed by atoms with E-state index in [0.29, 0.717) is 23.4 Å². The van der Waals surface area contributed by atoms with Gasteiger partial charge in [-0.15, -0.1) is 0 Å². The van der Waals surface area contributed by atoms with Crippen molar-refractivity contribution in [2.24, 2.45) is 0 Å². The van der Waals surface area contributed by atoms with Gasteiger partial charge in [-0.2, -0.15) is 5.10 Å². The molecular formula is C26H36FN7. The summed E-state index contributed by atoms with van der Waals surface area (Å²) >= 11 is 0. The Bertz CT molecular complexity index is 1100. The van der Waals surface area contributed by atoms with Crippen molar-refractivity contribution in [2.45, 2.75) is 59.0 Å². The summed E-state index contributed by atoms with van der Waals surface area (Å²) in [6, 6.07) is 6.14. The van der Waals surface area contributed by atoms with E-state index in [4.69, 9.17) is 0 Å². The van der Waals surface area contributed by atoms with Gasteiger partial charge < -0.3 is 15.1 Å². The van der Waals surface area contributed by atoms with Crippen molar-refractivity contribution in [1.82, 2.24) is 24.6 Å². The Morgan fingerprint density at radius 3 is 2.62 bits per heavy atom. The molecular weight excluding hydrogens is 429 g/mol. The van der Waals surface area contributed by atoms with E-state index < -0.39 is 0 Å². The molecule has 0 radical (unpaired) electrons. The van der Waals surface area contributed by atoms with Crippen LogP contribution in [0, 0.1) is 12.7 Å². The summed E-state index contributed by atoms with van der Waals surface area (Å²) in [4.78, 5) is 13.7. The lowest BCUT2D eigenvalue weighted by molar-refractivity contribution is 0.208. The van der Waals surface area contributed by atoms with Gasteiger partial charge >= 0.3 is 0 Å². The molecule has 34 heavy (non-hydrogen) atoms. The predicted molar refractivity (Wildman–Crippen MR) is 136 cm³/mol. The molecule has 1 saturated heterocycles. The van der Waals surface area contributed by atoms with Crippen molar-refractivity contribution < 1.29 is 4.39 Å². The van der Waals surface area contributed by atoms with Crippen molar-refractivity contribution in [1.29, 1.82) is 0 Å². The van der Waals surface area contributed by atoms with Gasteiger partial charge in [0.1, 0.15) is 5.82 Å². The molecule has 0 amide bonds. The van der Waals surface area contributed by atoms with Gasteiger partial charge in [0, 0.05) is 48.8 Å². The fourth-order valence-corrected chi connectivity index (χ4v) is 4.59. The fourth-order valence-electron chi connectivity index (χ4n) is 4.59. The SMILES string of the molecule is CCCN(C)C1CCN(c2ccc(Nc3ncc(C)c(-c4cnn(C(C)C)c4)n3)cc2F)CC1. The molecule has 0 atom stereocenters. The summed E-state index contributed by atoms with van der Waals surface area (Å²) in [7, 11) is 2.19. The molecule has 3 aromatic rings. The smallest absolute Gasteiger partial charge is 0.227 e. The van der Waals surface area contributed by atoms with Crippen LogP contribution in [0.2, 0.25) is 0 Å². The second kappa shape index (κ2) is 10.5. The summed E-state index contributed by atoms with van der Waals surface area (Å²) in [6.45, 7) is 11.2. The van der Waals surface area contributed by atoms with E-state index in [1.807, 2.05) is 36.1 Å². The lowest BCUT2D eigenvalue weighted by atomic mass is 10.0. The molecule has 1 aliphatic rings. The highest BCUT2D eigenvalue weighted by molar-refractivity contribution is 5.65. The Morgan fingerprint density at radius 2 is 1.97 bits per heavy atom. The largest absolute Gasteiger partial charge is 0.369 e. The summed E-state index contributed by atoms with van der Waals surface area (Å²) in [5, 5.41) is 7.58. The van der Waals surface area contributed by atoms with Crippen LogP contribution in [-0.4, -0.2) is 57.4 Å². The Morgan fingerprint density at radius 1 is 1.21 bits per heavy atom. The molecule has 7 nitrogen and oxygen atoms in total.